The van der Waals surface area contributed by atoms with E-state index in [-0.39, 0.29) is 0 Å². The Hall–Kier alpha value is -0.0800. The highest BCUT2D eigenvalue weighted by Crippen LogP contribution is 2.36. The fourth-order valence-electron chi connectivity index (χ4n) is 3.94. The number of hydrogen-bond acceptors (Lipinski definition) is 2. The van der Waals surface area contributed by atoms with E-state index in [9.17, 15) is 0 Å². The Morgan fingerprint density at radius 3 is 2.22 bits per heavy atom. The molecule has 3 atom stereocenters. The van der Waals surface area contributed by atoms with Crippen molar-refractivity contribution in [1.82, 2.24) is 10.2 Å². The number of rotatable bonds is 5. The van der Waals surface area contributed by atoms with Gasteiger partial charge in [0.25, 0.3) is 0 Å². The molecule has 0 aliphatic carbocycles. The highest BCUT2D eigenvalue weighted by atomic mass is 15.2. The summed E-state index contributed by atoms with van der Waals surface area (Å²) in [6.45, 7) is 10.7. The summed E-state index contributed by atoms with van der Waals surface area (Å²) >= 11 is 0. The van der Waals surface area contributed by atoms with Crippen molar-refractivity contribution in [2.24, 2.45) is 5.92 Å². The Morgan fingerprint density at radius 1 is 1.11 bits per heavy atom. The predicted molar refractivity (Wildman–Crippen MR) is 78.9 cm³/mol. The Kier molecular flexibility index (Phi) is 5.08. The fourth-order valence-corrected chi connectivity index (χ4v) is 3.94. The summed E-state index contributed by atoms with van der Waals surface area (Å²) < 4.78 is 0. The molecule has 2 heteroatoms. The van der Waals surface area contributed by atoms with Crippen LogP contribution in [0.2, 0.25) is 0 Å². The van der Waals surface area contributed by atoms with Crippen LogP contribution in [0, 0.1) is 5.92 Å². The number of nitrogens with zero attached hydrogens (tertiary/aromatic N) is 1. The molecule has 0 saturated carbocycles. The number of fused-ring (bicyclic) bond motifs is 2. The molecule has 0 spiro atoms. The van der Waals surface area contributed by atoms with Gasteiger partial charge in [-0.1, -0.05) is 27.2 Å². The number of hydrogen-bond donors (Lipinski definition) is 1. The quantitative estimate of drug-likeness (QED) is 0.806. The van der Waals surface area contributed by atoms with E-state index in [1.54, 1.807) is 0 Å². The first-order valence-electron chi connectivity index (χ1n) is 8.14. The average molecular weight is 252 g/mol. The molecule has 2 fully saturated rings. The van der Waals surface area contributed by atoms with E-state index in [1.807, 2.05) is 0 Å². The SMILES string of the molecule is CCCNC1CC2CCCC(C1)N2C(C)C(C)C. The lowest BCUT2D eigenvalue weighted by Crippen LogP contribution is -2.59. The summed E-state index contributed by atoms with van der Waals surface area (Å²) in [5.41, 5.74) is 0. The van der Waals surface area contributed by atoms with Gasteiger partial charge in [-0.3, -0.25) is 4.90 Å². The highest BCUT2D eigenvalue weighted by molar-refractivity contribution is 4.97. The Morgan fingerprint density at radius 2 is 1.72 bits per heavy atom. The maximum absolute atomic E-state index is 3.76. The van der Waals surface area contributed by atoms with Crippen molar-refractivity contribution in [3.05, 3.63) is 0 Å². The van der Waals surface area contributed by atoms with Crippen molar-refractivity contribution in [2.45, 2.75) is 90.4 Å². The minimum Gasteiger partial charge on any atom is -0.314 e. The molecule has 0 radical (unpaired) electrons. The molecular formula is C16H32N2. The van der Waals surface area contributed by atoms with Crippen LogP contribution in [-0.4, -0.2) is 35.6 Å². The van der Waals surface area contributed by atoms with Crippen molar-refractivity contribution in [3.63, 3.8) is 0 Å². The molecule has 2 aliphatic rings. The topological polar surface area (TPSA) is 15.3 Å². The number of piperidine rings is 2. The van der Waals surface area contributed by atoms with E-state index in [2.05, 4.69) is 37.9 Å². The zero-order valence-corrected chi connectivity index (χ0v) is 12.8. The predicted octanol–water partition coefficient (Wildman–Crippen LogP) is 3.42. The third-order valence-corrected chi connectivity index (χ3v) is 5.15. The maximum Gasteiger partial charge on any atom is 0.0116 e. The standard InChI is InChI=1S/C16H32N2/c1-5-9-17-14-10-15-7-6-8-16(11-14)18(15)13(4)12(2)3/h12-17H,5-11H2,1-4H3. The van der Waals surface area contributed by atoms with Crippen LogP contribution in [-0.2, 0) is 0 Å². The third-order valence-electron chi connectivity index (χ3n) is 5.15. The Balaban J connectivity index is 1.99. The lowest BCUT2D eigenvalue weighted by molar-refractivity contribution is -0.0190. The van der Waals surface area contributed by atoms with Crippen LogP contribution in [0.3, 0.4) is 0 Å². The molecule has 3 unspecified atom stereocenters. The minimum absolute atomic E-state index is 0.757. The van der Waals surface area contributed by atoms with Gasteiger partial charge in [0.1, 0.15) is 0 Å². The van der Waals surface area contributed by atoms with Gasteiger partial charge in [-0.05, 0) is 51.5 Å². The van der Waals surface area contributed by atoms with E-state index >= 15 is 0 Å². The van der Waals surface area contributed by atoms with E-state index in [0.717, 1.165) is 30.1 Å². The largest absolute Gasteiger partial charge is 0.314 e. The first-order chi connectivity index (χ1) is 8.63. The molecule has 2 nitrogen and oxygen atoms in total. The lowest BCUT2D eigenvalue weighted by atomic mass is 9.79. The zero-order chi connectivity index (χ0) is 13.1. The molecule has 0 aromatic carbocycles. The van der Waals surface area contributed by atoms with Crippen LogP contribution in [0.4, 0.5) is 0 Å². The van der Waals surface area contributed by atoms with Gasteiger partial charge in [-0.25, -0.2) is 0 Å². The molecule has 0 aromatic rings. The molecular weight excluding hydrogens is 220 g/mol. The molecule has 2 saturated heterocycles. The van der Waals surface area contributed by atoms with Crippen molar-refractivity contribution in [1.29, 1.82) is 0 Å². The van der Waals surface area contributed by atoms with E-state index < -0.39 is 0 Å². The summed E-state index contributed by atoms with van der Waals surface area (Å²) in [6, 6.07) is 3.25. The van der Waals surface area contributed by atoms with Gasteiger partial charge in [-0.15, -0.1) is 0 Å². The van der Waals surface area contributed by atoms with Gasteiger partial charge in [0.05, 0.1) is 0 Å². The second kappa shape index (κ2) is 6.38. The second-order valence-electron chi connectivity index (χ2n) is 6.79. The monoisotopic (exact) mass is 252 g/mol. The molecule has 18 heavy (non-hydrogen) atoms. The summed E-state index contributed by atoms with van der Waals surface area (Å²) in [4.78, 5) is 2.87. The molecule has 0 aromatic heterocycles. The lowest BCUT2D eigenvalue weighted by Gasteiger charge is -2.52. The summed E-state index contributed by atoms with van der Waals surface area (Å²) in [6.07, 6.45) is 8.34. The second-order valence-corrected chi connectivity index (χ2v) is 6.79. The third kappa shape index (κ3) is 3.08. The van der Waals surface area contributed by atoms with Gasteiger partial charge < -0.3 is 5.32 Å². The smallest absolute Gasteiger partial charge is 0.0116 e. The minimum atomic E-state index is 0.757. The van der Waals surface area contributed by atoms with Gasteiger partial charge in [0, 0.05) is 24.2 Å². The van der Waals surface area contributed by atoms with Crippen LogP contribution >= 0.6 is 0 Å². The average Bonchev–Trinajstić information content (AvgIpc) is 2.34. The molecule has 0 amide bonds. The normalized spacial score (nSPS) is 34.8. The van der Waals surface area contributed by atoms with Crippen molar-refractivity contribution in [3.8, 4) is 0 Å². The van der Waals surface area contributed by atoms with Crippen LogP contribution in [0.5, 0.6) is 0 Å². The van der Waals surface area contributed by atoms with Gasteiger partial charge in [0.2, 0.25) is 0 Å². The summed E-state index contributed by atoms with van der Waals surface area (Å²) in [5, 5.41) is 3.76. The van der Waals surface area contributed by atoms with E-state index in [1.165, 1.54) is 45.1 Å². The molecule has 2 bridgehead atoms. The van der Waals surface area contributed by atoms with Crippen LogP contribution in [0.1, 0.15) is 66.2 Å². The fraction of sp³-hybridized carbons (Fsp3) is 1.00. The first kappa shape index (κ1) is 14.3. The number of nitrogens with one attached hydrogen (secondary N) is 1. The summed E-state index contributed by atoms with van der Waals surface area (Å²) in [5.74, 6) is 0.785. The van der Waals surface area contributed by atoms with Crippen molar-refractivity contribution < 1.29 is 0 Å². The van der Waals surface area contributed by atoms with Crippen LogP contribution in [0.15, 0.2) is 0 Å². The first-order valence-corrected chi connectivity index (χ1v) is 8.14. The Bertz CT molecular complexity index is 237. The van der Waals surface area contributed by atoms with Gasteiger partial charge >= 0.3 is 0 Å². The maximum atomic E-state index is 3.76. The molecule has 1 N–H and O–H groups in total. The molecule has 2 aliphatic heterocycles. The highest BCUT2D eigenvalue weighted by Gasteiger charge is 2.40. The van der Waals surface area contributed by atoms with Crippen LogP contribution in [0.25, 0.3) is 0 Å². The van der Waals surface area contributed by atoms with Crippen molar-refractivity contribution >= 4 is 0 Å². The van der Waals surface area contributed by atoms with Crippen molar-refractivity contribution in [2.75, 3.05) is 6.54 Å². The van der Waals surface area contributed by atoms with Crippen LogP contribution < -0.4 is 5.32 Å². The van der Waals surface area contributed by atoms with E-state index in [0.29, 0.717) is 0 Å². The molecule has 106 valence electrons. The van der Waals surface area contributed by atoms with Gasteiger partial charge in [-0.2, -0.15) is 0 Å². The van der Waals surface area contributed by atoms with E-state index in [4.69, 9.17) is 0 Å². The Labute approximate surface area is 114 Å². The molecule has 2 rings (SSSR count). The molecule has 2 heterocycles. The van der Waals surface area contributed by atoms with Gasteiger partial charge in [0.15, 0.2) is 0 Å². The zero-order valence-electron chi connectivity index (χ0n) is 12.8. The summed E-state index contributed by atoms with van der Waals surface area (Å²) in [7, 11) is 0.